The minimum atomic E-state index is -0.583. The second-order valence-corrected chi connectivity index (χ2v) is 4.66. The van der Waals surface area contributed by atoms with Gasteiger partial charge in [0.1, 0.15) is 6.04 Å². The predicted molar refractivity (Wildman–Crippen MR) is 76.8 cm³/mol. The molecule has 1 unspecified atom stereocenters. The molecule has 0 aliphatic carbocycles. The summed E-state index contributed by atoms with van der Waals surface area (Å²) in [6, 6.07) is 3.83. The number of amides is 3. The van der Waals surface area contributed by atoms with Crippen molar-refractivity contribution in [3.8, 4) is 0 Å². The van der Waals surface area contributed by atoms with E-state index < -0.39 is 18.0 Å². The second kappa shape index (κ2) is 7.21. The van der Waals surface area contributed by atoms with Crippen LogP contribution in [-0.4, -0.2) is 24.5 Å². The van der Waals surface area contributed by atoms with Crippen molar-refractivity contribution < 1.29 is 9.59 Å². The lowest BCUT2D eigenvalue weighted by Gasteiger charge is -2.15. The van der Waals surface area contributed by atoms with Crippen molar-refractivity contribution >= 4 is 40.8 Å². The van der Waals surface area contributed by atoms with Gasteiger partial charge in [0.15, 0.2) is 0 Å². The molecule has 1 aromatic rings. The summed E-state index contributed by atoms with van der Waals surface area (Å²) < 4.78 is 0. The molecule has 0 heterocycles. The molecule has 0 radical (unpaired) electrons. The Bertz CT molecular complexity index is 480. The molecule has 0 fully saturated rings. The fraction of sp³-hybridized carbons (Fsp3) is 0.333. The largest absolute Gasteiger partial charge is 0.374 e. The van der Waals surface area contributed by atoms with Crippen LogP contribution in [0.4, 0.5) is 10.5 Å². The first-order chi connectivity index (χ1) is 8.93. The Hall–Kier alpha value is -1.46. The molecule has 5 nitrogen and oxygen atoms in total. The van der Waals surface area contributed by atoms with E-state index in [4.69, 9.17) is 23.2 Å². The number of imide groups is 1. The number of carbonyl (C=O) groups excluding carboxylic acids is 2. The van der Waals surface area contributed by atoms with E-state index in [0.29, 0.717) is 22.3 Å². The van der Waals surface area contributed by atoms with Gasteiger partial charge >= 0.3 is 6.03 Å². The summed E-state index contributed by atoms with van der Waals surface area (Å²) in [4.78, 5) is 22.9. The number of benzene rings is 1. The highest BCUT2D eigenvalue weighted by Crippen LogP contribution is 2.25. The molecule has 19 heavy (non-hydrogen) atoms. The Morgan fingerprint density at radius 3 is 2.53 bits per heavy atom. The normalized spacial score (nSPS) is 11.6. The molecule has 7 heteroatoms. The van der Waals surface area contributed by atoms with Gasteiger partial charge in [0, 0.05) is 12.2 Å². The molecule has 0 saturated carbocycles. The first-order valence-electron chi connectivity index (χ1n) is 5.74. The lowest BCUT2D eigenvalue weighted by molar-refractivity contribution is -0.120. The molecule has 0 bridgehead atoms. The van der Waals surface area contributed by atoms with Crippen molar-refractivity contribution in [3.63, 3.8) is 0 Å². The topological polar surface area (TPSA) is 70.2 Å². The van der Waals surface area contributed by atoms with Gasteiger partial charge in [-0.25, -0.2) is 4.79 Å². The average Bonchev–Trinajstić information content (AvgIpc) is 2.34. The summed E-state index contributed by atoms with van der Waals surface area (Å²) in [5.41, 5.74) is 0.646. The number of carbonyl (C=O) groups is 2. The van der Waals surface area contributed by atoms with Crippen LogP contribution in [0.3, 0.4) is 0 Å². The average molecular weight is 304 g/mol. The zero-order valence-electron chi connectivity index (χ0n) is 10.6. The standard InChI is InChI=1S/C12H15Cl2N3O2/c1-3-15-12(19)17-11(18)7(2)16-8-4-5-9(13)10(14)6-8/h4-7,16H,3H2,1-2H3,(H2,15,17,18,19). The Morgan fingerprint density at radius 1 is 1.26 bits per heavy atom. The fourth-order valence-electron chi connectivity index (χ4n) is 1.33. The Morgan fingerprint density at radius 2 is 1.95 bits per heavy atom. The molecule has 3 amide bonds. The maximum atomic E-state index is 11.7. The Labute approximate surface area is 121 Å². The van der Waals surface area contributed by atoms with Crippen LogP contribution in [0.1, 0.15) is 13.8 Å². The van der Waals surface area contributed by atoms with E-state index in [9.17, 15) is 9.59 Å². The quantitative estimate of drug-likeness (QED) is 0.801. The third-order valence-corrected chi connectivity index (χ3v) is 3.01. The van der Waals surface area contributed by atoms with E-state index in [1.165, 1.54) is 0 Å². The fourth-order valence-corrected chi connectivity index (χ4v) is 1.62. The summed E-state index contributed by atoms with van der Waals surface area (Å²) in [6.45, 7) is 3.85. The SMILES string of the molecule is CCNC(=O)NC(=O)C(C)Nc1ccc(Cl)c(Cl)c1. The van der Waals surface area contributed by atoms with E-state index in [1.54, 1.807) is 32.0 Å². The number of urea groups is 1. The third-order valence-electron chi connectivity index (χ3n) is 2.27. The van der Waals surface area contributed by atoms with Gasteiger partial charge in [-0.1, -0.05) is 23.2 Å². The molecule has 0 aliphatic rings. The lowest BCUT2D eigenvalue weighted by atomic mass is 10.2. The number of hydrogen-bond acceptors (Lipinski definition) is 3. The highest BCUT2D eigenvalue weighted by atomic mass is 35.5. The highest BCUT2D eigenvalue weighted by molar-refractivity contribution is 6.42. The first-order valence-corrected chi connectivity index (χ1v) is 6.50. The highest BCUT2D eigenvalue weighted by Gasteiger charge is 2.15. The van der Waals surface area contributed by atoms with Gasteiger partial charge in [0.2, 0.25) is 5.91 Å². The predicted octanol–water partition coefficient (Wildman–Crippen LogP) is 2.64. The zero-order chi connectivity index (χ0) is 14.4. The van der Waals surface area contributed by atoms with E-state index in [1.807, 2.05) is 0 Å². The second-order valence-electron chi connectivity index (χ2n) is 3.84. The molecule has 0 saturated heterocycles. The Kier molecular flexibility index (Phi) is 5.92. The molecule has 3 N–H and O–H groups in total. The van der Waals surface area contributed by atoms with E-state index >= 15 is 0 Å². The summed E-state index contributed by atoms with van der Waals surface area (Å²) in [5.74, 6) is -0.433. The van der Waals surface area contributed by atoms with Crippen molar-refractivity contribution in [2.75, 3.05) is 11.9 Å². The minimum absolute atomic E-state index is 0.392. The van der Waals surface area contributed by atoms with Gasteiger partial charge in [0.25, 0.3) is 0 Å². The van der Waals surface area contributed by atoms with E-state index in [-0.39, 0.29) is 0 Å². The van der Waals surface area contributed by atoms with Crippen molar-refractivity contribution in [2.45, 2.75) is 19.9 Å². The van der Waals surface area contributed by atoms with Crippen LogP contribution >= 0.6 is 23.2 Å². The number of hydrogen-bond donors (Lipinski definition) is 3. The third kappa shape index (κ3) is 4.96. The van der Waals surface area contributed by atoms with Gasteiger partial charge in [-0.05, 0) is 32.0 Å². The van der Waals surface area contributed by atoms with Gasteiger partial charge in [-0.2, -0.15) is 0 Å². The van der Waals surface area contributed by atoms with Crippen LogP contribution in [0, 0.1) is 0 Å². The summed E-state index contributed by atoms with van der Waals surface area (Å²) >= 11 is 11.7. The van der Waals surface area contributed by atoms with Gasteiger partial charge in [-0.3, -0.25) is 10.1 Å². The van der Waals surface area contributed by atoms with Crippen LogP contribution in [0.25, 0.3) is 0 Å². The Balaban J connectivity index is 2.58. The number of rotatable bonds is 4. The van der Waals surface area contributed by atoms with Crippen LogP contribution in [-0.2, 0) is 4.79 Å². The molecule has 0 aromatic heterocycles. The van der Waals surface area contributed by atoms with E-state index in [2.05, 4.69) is 16.0 Å². The van der Waals surface area contributed by atoms with Crippen molar-refractivity contribution in [2.24, 2.45) is 0 Å². The maximum Gasteiger partial charge on any atom is 0.321 e. The van der Waals surface area contributed by atoms with Crippen LogP contribution in [0.5, 0.6) is 0 Å². The van der Waals surface area contributed by atoms with Crippen LogP contribution in [0.2, 0.25) is 10.0 Å². The maximum absolute atomic E-state index is 11.7. The molecule has 1 rings (SSSR count). The van der Waals surface area contributed by atoms with Crippen LogP contribution < -0.4 is 16.0 Å². The summed E-state index contributed by atoms with van der Waals surface area (Å²) in [5, 5.41) is 8.44. The molecule has 0 spiro atoms. The molecular weight excluding hydrogens is 289 g/mol. The minimum Gasteiger partial charge on any atom is -0.374 e. The lowest BCUT2D eigenvalue weighted by Crippen LogP contribution is -2.45. The van der Waals surface area contributed by atoms with E-state index in [0.717, 1.165) is 0 Å². The van der Waals surface area contributed by atoms with Gasteiger partial charge in [-0.15, -0.1) is 0 Å². The summed E-state index contributed by atoms with van der Waals surface area (Å²) in [6.07, 6.45) is 0. The zero-order valence-corrected chi connectivity index (χ0v) is 12.1. The molecule has 1 aromatic carbocycles. The summed E-state index contributed by atoms with van der Waals surface area (Å²) in [7, 11) is 0. The van der Waals surface area contributed by atoms with Gasteiger partial charge in [0.05, 0.1) is 10.0 Å². The van der Waals surface area contributed by atoms with Crippen molar-refractivity contribution in [1.29, 1.82) is 0 Å². The number of anilines is 1. The molecular formula is C12H15Cl2N3O2. The first kappa shape index (κ1) is 15.6. The monoisotopic (exact) mass is 303 g/mol. The van der Waals surface area contributed by atoms with Crippen molar-refractivity contribution in [1.82, 2.24) is 10.6 Å². The van der Waals surface area contributed by atoms with Crippen molar-refractivity contribution in [3.05, 3.63) is 28.2 Å². The molecule has 0 aliphatic heterocycles. The molecule has 104 valence electrons. The van der Waals surface area contributed by atoms with Gasteiger partial charge < -0.3 is 10.6 Å². The number of halogens is 2. The smallest absolute Gasteiger partial charge is 0.321 e. The molecule has 1 atom stereocenters. The van der Waals surface area contributed by atoms with Crippen LogP contribution in [0.15, 0.2) is 18.2 Å². The number of nitrogens with one attached hydrogen (secondary N) is 3.